The molecule has 1 fully saturated rings. The predicted octanol–water partition coefficient (Wildman–Crippen LogP) is 2.16. The van der Waals surface area contributed by atoms with Crippen molar-refractivity contribution in [3.05, 3.63) is 17.5 Å². The Morgan fingerprint density at radius 1 is 1.39 bits per heavy atom. The number of aromatic nitrogens is 1. The van der Waals surface area contributed by atoms with Gasteiger partial charge in [0.15, 0.2) is 5.69 Å². The van der Waals surface area contributed by atoms with Crippen LogP contribution in [0.2, 0.25) is 0 Å². The van der Waals surface area contributed by atoms with Crippen molar-refractivity contribution in [2.45, 2.75) is 50.5 Å². The largest absolute Gasteiger partial charge is 0.437 e. The molecule has 2 unspecified atom stereocenters. The molecule has 2 radical (unpaired) electrons. The summed E-state index contributed by atoms with van der Waals surface area (Å²) < 4.78 is 42.2. The highest BCUT2D eigenvalue weighted by Crippen LogP contribution is 2.31. The van der Waals surface area contributed by atoms with Gasteiger partial charge in [-0.2, -0.15) is 13.2 Å². The van der Waals surface area contributed by atoms with E-state index in [0.29, 0.717) is 6.42 Å². The van der Waals surface area contributed by atoms with Crippen LogP contribution in [0.5, 0.6) is 0 Å². The Hall–Kier alpha value is -1.08. The minimum absolute atomic E-state index is 0.0362. The summed E-state index contributed by atoms with van der Waals surface area (Å²) in [6.07, 6.45) is -0.817. The minimum atomic E-state index is -4.49. The van der Waals surface area contributed by atoms with E-state index < -0.39 is 18.0 Å². The molecule has 0 amide bonds. The highest BCUT2D eigenvalue weighted by Gasteiger charge is 2.38. The summed E-state index contributed by atoms with van der Waals surface area (Å²) >= 11 is 0. The highest BCUT2D eigenvalue weighted by molar-refractivity contribution is 5.19. The second kappa shape index (κ2) is 5.27. The summed E-state index contributed by atoms with van der Waals surface area (Å²) in [5.74, 6) is 0. The third-order valence-electron chi connectivity index (χ3n) is 3.09. The molecule has 1 aliphatic rings. The molecule has 1 aromatic heterocycles. The van der Waals surface area contributed by atoms with Gasteiger partial charge in [0.2, 0.25) is 0 Å². The van der Waals surface area contributed by atoms with Gasteiger partial charge in [0.05, 0.1) is 6.17 Å². The van der Waals surface area contributed by atoms with Gasteiger partial charge in [0.25, 0.3) is 0 Å². The SMILES string of the molecule is [N]C1CCCCC(Cc2conc2C(F)(F)F)N1. The molecular weight excluding hydrogens is 247 g/mol. The van der Waals surface area contributed by atoms with E-state index in [1.807, 2.05) is 0 Å². The summed E-state index contributed by atoms with van der Waals surface area (Å²) in [6, 6.07) is -0.178. The normalized spacial score (nSPS) is 26.0. The van der Waals surface area contributed by atoms with E-state index >= 15 is 0 Å². The molecule has 100 valence electrons. The molecule has 1 saturated heterocycles. The first kappa shape index (κ1) is 13.4. The van der Waals surface area contributed by atoms with Crippen LogP contribution in [0.3, 0.4) is 0 Å². The Kier molecular flexibility index (Phi) is 3.91. The molecule has 0 spiro atoms. The summed E-state index contributed by atoms with van der Waals surface area (Å²) in [4.78, 5) is 0. The number of rotatable bonds is 2. The molecule has 0 aliphatic carbocycles. The molecule has 1 N–H and O–H groups in total. The van der Waals surface area contributed by atoms with Crippen LogP contribution >= 0.6 is 0 Å². The lowest BCUT2D eigenvalue weighted by molar-refractivity contribution is -0.143. The quantitative estimate of drug-likeness (QED) is 0.887. The van der Waals surface area contributed by atoms with Crippen LogP contribution in [-0.4, -0.2) is 17.4 Å². The number of hydrogen-bond donors (Lipinski definition) is 1. The molecule has 0 saturated carbocycles. The average molecular weight is 261 g/mol. The Morgan fingerprint density at radius 3 is 2.83 bits per heavy atom. The zero-order chi connectivity index (χ0) is 13.2. The van der Waals surface area contributed by atoms with E-state index in [9.17, 15) is 18.9 Å². The van der Waals surface area contributed by atoms with Crippen molar-refractivity contribution >= 4 is 0 Å². The lowest BCUT2D eigenvalue weighted by Gasteiger charge is -2.18. The average Bonchev–Trinajstić information content (AvgIpc) is 2.62. The van der Waals surface area contributed by atoms with Crippen molar-refractivity contribution in [2.24, 2.45) is 0 Å². The second-order valence-corrected chi connectivity index (χ2v) is 4.55. The topological polar surface area (TPSA) is 60.4 Å². The van der Waals surface area contributed by atoms with Gasteiger partial charge in [-0.3, -0.25) is 5.32 Å². The maximum Gasteiger partial charge on any atom is 0.437 e. The van der Waals surface area contributed by atoms with Gasteiger partial charge in [-0.15, -0.1) is 5.73 Å². The van der Waals surface area contributed by atoms with Gasteiger partial charge in [-0.05, 0) is 19.3 Å². The zero-order valence-electron chi connectivity index (χ0n) is 9.70. The van der Waals surface area contributed by atoms with Gasteiger partial charge in [-0.1, -0.05) is 18.0 Å². The Bertz CT molecular complexity index is 391. The Morgan fingerprint density at radius 2 is 2.11 bits per heavy atom. The first-order chi connectivity index (χ1) is 8.47. The van der Waals surface area contributed by atoms with Crippen molar-refractivity contribution in [2.75, 3.05) is 0 Å². The van der Waals surface area contributed by atoms with Crippen molar-refractivity contribution in [1.29, 1.82) is 0 Å². The van der Waals surface area contributed by atoms with E-state index in [1.54, 1.807) is 0 Å². The standard InChI is InChI=1S/C11H14F3N3O/c12-11(13,14)10-7(6-18-17-10)5-8-3-1-2-4-9(15)16-8/h6,8-9,16H,1-5H2. The maximum atomic E-state index is 12.6. The molecule has 2 atom stereocenters. The van der Waals surface area contributed by atoms with E-state index in [0.717, 1.165) is 25.5 Å². The number of nitrogens with one attached hydrogen (secondary N) is 1. The fourth-order valence-corrected chi connectivity index (χ4v) is 2.23. The molecule has 4 nitrogen and oxygen atoms in total. The summed E-state index contributed by atoms with van der Waals surface area (Å²) in [6.45, 7) is 0. The van der Waals surface area contributed by atoms with Crippen LogP contribution in [0.15, 0.2) is 10.8 Å². The third-order valence-corrected chi connectivity index (χ3v) is 3.09. The molecule has 0 bridgehead atoms. The van der Waals surface area contributed by atoms with Crippen LogP contribution in [0, 0.1) is 0 Å². The minimum Gasteiger partial charge on any atom is -0.364 e. The number of alkyl halides is 3. The van der Waals surface area contributed by atoms with Gasteiger partial charge in [0, 0.05) is 11.6 Å². The smallest absolute Gasteiger partial charge is 0.364 e. The first-order valence-electron chi connectivity index (χ1n) is 5.91. The van der Waals surface area contributed by atoms with Crippen LogP contribution < -0.4 is 11.1 Å². The summed E-state index contributed by atoms with van der Waals surface area (Å²) in [7, 11) is 0. The van der Waals surface area contributed by atoms with Crippen molar-refractivity contribution < 1.29 is 17.7 Å². The molecule has 0 aromatic carbocycles. The van der Waals surface area contributed by atoms with Gasteiger partial charge >= 0.3 is 6.18 Å². The molecule has 1 aliphatic heterocycles. The van der Waals surface area contributed by atoms with Crippen molar-refractivity contribution in [3.63, 3.8) is 0 Å². The zero-order valence-corrected chi connectivity index (χ0v) is 9.70. The van der Waals surface area contributed by atoms with E-state index in [4.69, 9.17) is 0 Å². The first-order valence-corrected chi connectivity index (χ1v) is 5.91. The fraction of sp³-hybridized carbons (Fsp3) is 0.727. The highest BCUT2D eigenvalue weighted by atomic mass is 19.4. The maximum absolute atomic E-state index is 12.6. The lowest BCUT2D eigenvalue weighted by Crippen LogP contribution is -2.39. The number of halogens is 3. The predicted molar refractivity (Wildman–Crippen MR) is 56.5 cm³/mol. The Labute approximate surface area is 103 Å². The van der Waals surface area contributed by atoms with Gasteiger partial charge < -0.3 is 4.52 Å². The van der Waals surface area contributed by atoms with Gasteiger partial charge in [0.1, 0.15) is 6.26 Å². The molecule has 2 heterocycles. The monoisotopic (exact) mass is 261 g/mol. The van der Waals surface area contributed by atoms with Crippen LogP contribution in [0.4, 0.5) is 13.2 Å². The lowest BCUT2D eigenvalue weighted by atomic mass is 10.0. The fourth-order valence-electron chi connectivity index (χ4n) is 2.23. The van der Waals surface area contributed by atoms with Crippen molar-refractivity contribution in [1.82, 2.24) is 16.2 Å². The van der Waals surface area contributed by atoms with Gasteiger partial charge in [-0.25, -0.2) is 0 Å². The van der Waals surface area contributed by atoms with E-state index in [1.165, 1.54) is 0 Å². The molecule has 2 rings (SSSR count). The summed E-state index contributed by atoms with van der Waals surface area (Å²) in [5.41, 5.74) is 8.61. The molecule has 18 heavy (non-hydrogen) atoms. The molecule has 7 heteroatoms. The Balaban J connectivity index is 2.07. The number of hydrogen-bond acceptors (Lipinski definition) is 3. The van der Waals surface area contributed by atoms with E-state index in [2.05, 4.69) is 15.0 Å². The molecular formula is C11H14F3N3O. The van der Waals surface area contributed by atoms with Crippen LogP contribution in [0.25, 0.3) is 0 Å². The van der Waals surface area contributed by atoms with Crippen molar-refractivity contribution in [3.8, 4) is 0 Å². The number of nitrogens with zero attached hydrogens (tertiary/aromatic N) is 2. The summed E-state index contributed by atoms with van der Waals surface area (Å²) in [5, 5.41) is 5.92. The molecule has 1 aromatic rings. The second-order valence-electron chi connectivity index (χ2n) is 4.55. The van der Waals surface area contributed by atoms with Crippen LogP contribution in [-0.2, 0) is 12.6 Å². The van der Waals surface area contributed by atoms with Crippen LogP contribution in [0.1, 0.15) is 36.9 Å². The third kappa shape index (κ3) is 3.23. The van der Waals surface area contributed by atoms with E-state index in [-0.39, 0.29) is 18.0 Å².